The quantitative estimate of drug-likeness (QED) is 0.736. The van der Waals surface area contributed by atoms with Crippen LogP contribution in [0.4, 0.5) is 0 Å². The van der Waals surface area contributed by atoms with Gasteiger partial charge in [0.1, 0.15) is 17.2 Å². The van der Waals surface area contributed by atoms with Crippen LogP contribution in [0.3, 0.4) is 0 Å². The molecule has 136 valence electrons. The van der Waals surface area contributed by atoms with Gasteiger partial charge in [-0.05, 0) is 50.3 Å². The molecule has 0 radical (unpaired) electrons. The van der Waals surface area contributed by atoms with Crippen LogP contribution in [0.5, 0.6) is 17.2 Å². The van der Waals surface area contributed by atoms with Crippen LogP contribution in [0.25, 0.3) is 0 Å². The van der Waals surface area contributed by atoms with E-state index < -0.39 is 0 Å². The Morgan fingerprint density at radius 1 is 1.08 bits per heavy atom. The number of phenols is 2. The van der Waals surface area contributed by atoms with E-state index in [0.29, 0.717) is 17.9 Å². The molecule has 2 N–H and O–H groups in total. The van der Waals surface area contributed by atoms with Crippen molar-refractivity contribution < 1.29 is 19.7 Å². The van der Waals surface area contributed by atoms with Crippen molar-refractivity contribution in [3.8, 4) is 17.2 Å². The minimum atomic E-state index is -0.341. The molecule has 0 unspecified atom stereocenters. The van der Waals surface area contributed by atoms with Gasteiger partial charge in [0.25, 0.3) is 0 Å². The number of aryl methyl sites for hydroxylation is 1. The van der Waals surface area contributed by atoms with E-state index in [4.69, 9.17) is 4.74 Å². The lowest BCUT2D eigenvalue weighted by molar-refractivity contribution is 0.0918. The molecule has 0 aliphatic rings. The summed E-state index contributed by atoms with van der Waals surface area (Å²) in [6.45, 7) is 2.22. The highest BCUT2D eigenvalue weighted by molar-refractivity contribution is 6.00. The van der Waals surface area contributed by atoms with E-state index >= 15 is 0 Å². The Hall–Kier alpha value is -2.24. The standard InChI is InChI=1S/C19H23NO4.ClH/c1-4-13-5-7-14(8-6-13)24-12-18(22)15-9-10-17(21)16(19(15)23)11-20(2)3;/h5-10,21,23H,4,11-12H2,1-3H3;1H. The van der Waals surface area contributed by atoms with Gasteiger partial charge in [-0.25, -0.2) is 0 Å². The summed E-state index contributed by atoms with van der Waals surface area (Å²) >= 11 is 0. The monoisotopic (exact) mass is 365 g/mol. The molecule has 0 aliphatic carbocycles. The molecule has 2 rings (SSSR count). The lowest BCUT2D eigenvalue weighted by Crippen LogP contribution is -2.15. The Labute approximate surface area is 154 Å². The summed E-state index contributed by atoms with van der Waals surface area (Å²) in [6, 6.07) is 10.4. The van der Waals surface area contributed by atoms with Crippen molar-refractivity contribution in [3.63, 3.8) is 0 Å². The van der Waals surface area contributed by atoms with Crippen LogP contribution in [0.2, 0.25) is 0 Å². The van der Waals surface area contributed by atoms with Crippen molar-refractivity contribution in [3.05, 3.63) is 53.1 Å². The first-order valence-electron chi connectivity index (χ1n) is 7.85. The number of ketones is 1. The molecule has 0 spiro atoms. The average Bonchev–Trinajstić information content (AvgIpc) is 2.56. The zero-order valence-corrected chi connectivity index (χ0v) is 15.5. The van der Waals surface area contributed by atoms with Gasteiger partial charge in [0.15, 0.2) is 6.61 Å². The third-order valence-electron chi connectivity index (χ3n) is 3.73. The van der Waals surface area contributed by atoms with Crippen molar-refractivity contribution in [1.29, 1.82) is 0 Å². The molecular weight excluding hydrogens is 342 g/mol. The minimum Gasteiger partial charge on any atom is -0.507 e. The van der Waals surface area contributed by atoms with Gasteiger partial charge in [-0.3, -0.25) is 4.79 Å². The predicted molar refractivity (Wildman–Crippen MR) is 100 cm³/mol. The second kappa shape index (κ2) is 9.30. The van der Waals surface area contributed by atoms with Crippen LogP contribution in [0, 0.1) is 0 Å². The summed E-state index contributed by atoms with van der Waals surface area (Å²) in [5, 5.41) is 20.2. The van der Waals surface area contributed by atoms with E-state index in [2.05, 4.69) is 6.92 Å². The molecule has 0 fully saturated rings. The average molecular weight is 366 g/mol. The SMILES string of the molecule is CCc1ccc(OCC(=O)c2ccc(O)c(CN(C)C)c2O)cc1.Cl. The fraction of sp³-hybridized carbons (Fsp3) is 0.316. The first kappa shape index (κ1) is 20.8. The number of carbonyl (C=O) groups excluding carboxylic acids is 1. The maximum absolute atomic E-state index is 12.3. The zero-order valence-electron chi connectivity index (χ0n) is 14.7. The van der Waals surface area contributed by atoms with Crippen LogP contribution in [0.1, 0.15) is 28.4 Å². The van der Waals surface area contributed by atoms with Crippen LogP contribution in [-0.4, -0.2) is 41.6 Å². The first-order valence-corrected chi connectivity index (χ1v) is 7.85. The zero-order chi connectivity index (χ0) is 17.7. The lowest BCUT2D eigenvalue weighted by Gasteiger charge is -2.15. The number of aromatic hydroxyl groups is 2. The Bertz CT molecular complexity index is 714. The van der Waals surface area contributed by atoms with E-state index in [-0.39, 0.29) is 41.9 Å². The van der Waals surface area contributed by atoms with E-state index in [9.17, 15) is 15.0 Å². The Morgan fingerprint density at radius 3 is 2.28 bits per heavy atom. The van der Waals surface area contributed by atoms with Gasteiger partial charge in [-0.15, -0.1) is 12.4 Å². The minimum absolute atomic E-state index is 0. The highest BCUT2D eigenvalue weighted by Gasteiger charge is 2.18. The second-order valence-corrected chi connectivity index (χ2v) is 5.91. The normalized spacial score (nSPS) is 10.4. The van der Waals surface area contributed by atoms with Gasteiger partial charge in [0.05, 0.1) is 11.1 Å². The van der Waals surface area contributed by atoms with Crippen molar-refractivity contribution in [2.45, 2.75) is 19.9 Å². The van der Waals surface area contributed by atoms with Crippen molar-refractivity contribution in [1.82, 2.24) is 4.90 Å². The molecule has 0 amide bonds. The molecule has 0 atom stereocenters. The largest absolute Gasteiger partial charge is 0.507 e. The number of ether oxygens (including phenoxy) is 1. The highest BCUT2D eigenvalue weighted by atomic mass is 35.5. The molecule has 0 saturated carbocycles. The molecule has 25 heavy (non-hydrogen) atoms. The van der Waals surface area contributed by atoms with Crippen LogP contribution in [-0.2, 0) is 13.0 Å². The van der Waals surface area contributed by atoms with E-state index in [1.54, 1.807) is 4.90 Å². The Balaban J connectivity index is 0.00000312. The van der Waals surface area contributed by atoms with Gasteiger partial charge in [0, 0.05) is 6.54 Å². The van der Waals surface area contributed by atoms with Crippen molar-refractivity contribution >= 4 is 18.2 Å². The fourth-order valence-corrected chi connectivity index (χ4v) is 2.37. The Morgan fingerprint density at radius 2 is 1.72 bits per heavy atom. The first-order chi connectivity index (χ1) is 11.4. The van der Waals surface area contributed by atoms with Gasteiger partial charge in [-0.1, -0.05) is 19.1 Å². The molecule has 6 heteroatoms. The van der Waals surface area contributed by atoms with Gasteiger partial charge in [0.2, 0.25) is 5.78 Å². The van der Waals surface area contributed by atoms with Crippen LogP contribution < -0.4 is 4.74 Å². The van der Waals surface area contributed by atoms with Crippen LogP contribution >= 0.6 is 12.4 Å². The van der Waals surface area contributed by atoms with Gasteiger partial charge >= 0.3 is 0 Å². The number of rotatable bonds is 7. The summed E-state index contributed by atoms with van der Waals surface area (Å²) in [5.74, 6) is 0.0341. The summed E-state index contributed by atoms with van der Waals surface area (Å²) in [4.78, 5) is 14.1. The molecule has 2 aromatic carbocycles. The number of Topliss-reactive ketones (excluding diaryl/α,β-unsaturated/α-hetero) is 1. The number of benzene rings is 2. The molecular formula is C19H24ClNO4. The molecule has 0 saturated heterocycles. The summed E-state index contributed by atoms with van der Waals surface area (Å²) < 4.78 is 5.49. The number of phenolic OH excluding ortho intramolecular Hbond substituents is 2. The topological polar surface area (TPSA) is 70.0 Å². The predicted octanol–water partition coefficient (Wildman–Crippen LogP) is 3.41. The third kappa shape index (κ3) is 5.37. The summed E-state index contributed by atoms with van der Waals surface area (Å²) in [6.07, 6.45) is 0.940. The maximum atomic E-state index is 12.3. The number of nitrogens with zero attached hydrogens (tertiary/aromatic N) is 1. The van der Waals surface area contributed by atoms with Gasteiger partial charge in [-0.2, -0.15) is 0 Å². The molecule has 0 heterocycles. The van der Waals surface area contributed by atoms with E-state index in [0.717, 1.165) is 6.42 Å². The number of halogens is 1. The number of hydrogen-bond acceptors (Lipinski definition) is 5. The fourth-order valence-electron chi connectivity index (χ4n) is 2.37. The molecule has 0 aliphatic heterocycles. The highest BCUT2D eigenvalue weighted by Crippen LogP contribution is 2.31. The third-order valence-corrected chi connectivity index (χ3v) is 3.73. The second-order valence-electron chi connectivity index (χ2n) is 5.91. The van der Waals surface area contributed by atoms with Crippen molar-refractivity contribution in [2.24, 2.45) is 0 Å². The smallest absolute Gasteiger partial charge is 0.203 e. The van der Waals surface area contributed by atoms with E-state index in [1.807, 2.05) is 38.4 Å². The Kier molecular flexibility index (Phi) is 7.74. The van der Waals surface area contributed by atoms with Gasteiger partial charge < -0.3 is 19.8 Å². The molecule has 2 aromatic rings. The summed E-state index contributed by atoms with van der Waals surface area (Å²) in [5.41, 5.74) is 1.67. The van der Waals surface area contributed by atoms with Crippen LogP contribution in [0.15, 0.2) is 36.4 Å². The lowest BCUT2D eigenvalue weighted by atomic mass is 10.0. The summed E-state index contributed by atoms with van der Waals surface area (Å²) in [7, 11) is 3.63. The molecule has 0 bridgehead atoms. The number of hydrogen-bond donors (Lipinski definition) is 2. The maximum Gasteiger partial charge on any atom is 0.203 e. The van der Waals surface area contributed by atoms with Crippen molar-refractivity contribution in [2.75, 3.05) is 20.7 Å². The van der Waals surface area contributed by atoms with E-state index in [1.165, 1.54) is 17.7 Å². The molecule has 5 nitrogen and oxygen atoms in total. The number of carbonyl (C=O) groups is 1. The molecule has 0 aromatic heterocycles.